The van der Waals surface area contributed by atoms with Gasteiger partial charge in [-0.05, 0) is 54.8 Å². The molecule has 2 aromatic carbocycles. The van der Waals surface area contributed by atoms with Gasteiger partial charge in [0, 0.05) is 12.2 Å². The molecule has 0 fully saturated rings. The van der Waals surface area contributed by atoms with Gasteiger partial charge in [0.25, 0.3) is 0 Å². The van der Waals surface area contributed by atoms with Crippen molar-refractivity contribution in [3.63, 3.8) is 0 Å². The Kier molecular flexibility index (Phi) is 5.22. The van der Waals surface area contributed by atoms with Crippen molar-refractivity contribution in [1.29, 1.82) is 5.26 Å². The first-order valence-electron chi connectivity index (χ1n) is 8.37. The second-order valence-corrected chi connectivity index (χ2v) is 6.28. The average molecular weight is 386 g/mol. The number of aromatic amines is 1. The summed E-state index contributed by atoms with van der Waals surface area (Å²) in [5.41, 5.74) is 3.09. The number of hydrogen-bond acceptors (Lipinski definition) is 5. The van der Waals surface area contributed by atoms with Crippen LogP contribution < -0.4 is 10.6 Å². The third-order valence-corrected chi connectivity index (χ3v) is 4.12. The fourth-order valence-corrected chi connectivity index (χ4v) is 2.74. The van der Waals surface area contributed by atoms with Gasteiger partial charge in [0.2, 0.25) is 11.9 Å². The molecule has 0 aliphatic carbocycles. The first-order valence-corrected chi connectivity index (χ1v) is 8.37. The zero-order valence-corrected chi connectivity index (χ0v) is 15.1. The Morgan fingerprint density at radius 3 is 2.32 bits per heavy atom. The highest BCUT2D eigenvalue weighted by Crippen LogP contribution is 2.29. The monoisotopic (exact) mass is 386 g/mol. The van der Waals surface area contributed by atoms with Gasteiger partial charge >= 0.3 is 6.18 Å². The molecule has 6 nitrogen and oxygen atoms in total. The number of alkyl halides is 3. The number of anilines is 3. The van der Waals surface area contributed by atoms with Gasteiger partial charge in [0.05, 0.1) is 17.2 Å². The van der Waals surface area contributed by atoms with Crippen molar-refractivity contribution in [3.8, 4) is 6.07 Å². The number of nitriles is 1. The van der Waals surface area contributed by atoms with Crippen molar-refractivity contribution in [2.24, 2.45) is 0 Å². The van der Waals surface area contributed by atoms with Gasteiger partial charge < -0.3 is 10.6 Å². The number of aryl methyl sites for hydroxylation is 2. The van der Waals surface area contributed by atoms with Crippen LogP contribution in [0.5, 0.6) is 0 Å². The molecule has 0 saturated heterocycles. The van der Waals surface area contributed by atoms with E-state index in [4.69, 9.17) is 5.26 Å². The normalized spacial score (nSPS) is 11.1. The highest BCUT2D eigenvalue weighted by molar-refractivity contribution is 5.60. The summed E-state index contributed by atoms with van der Waals surface area (Å²) in [5.74, 6) is 0.711. The van der Waals surface area contributed by atoms with E-state index in [1.54, 1.807) is 0 Å². The molecule has 0 unspecified atom stereocenters. The van der Waals surface area contributed by atoms with E-state index in [0.29, 0.717) is 23.0 Å². The zero-order valence-electron chi connectivity index (χ0n) is 15.1. The molecular formula is C19H17F3N6. The topological polar surface area (TPSA) is 89.4 Å². The second kappa shape index (κ2) is 7.60. The summed E-state index contributed by atoms with van der Waals surface area (Å²) in [6, 6.07) is 10.7. The fraction of sp³-hybridized carbons (Fsp3) is 0.211. The predicted molar refractivity (Wildman–Crippen MR) is 99.1 cm³/mol. The van der Waals surface area contributed by atoms with Crippen molar-refractivity contribution in [2.45, 2.75) is 26.6 Å². The van der Waals surface area contributed by atoms with Crippen molar-refractivity contribution < 1.29 is 13.2 Å². The molecule has 3 aromatic rings. The molecule has 9 heteroatoms. The van der Waals surface area contributed by atoms with E-state index in [2.05, 4.69) is 31.9 Å². The summed E-state index contributed by atoms with van der Waals surface area (Å²) in [6.45, 7) is 3.99. The number of halogens is 3. The number of hydrogen-bond donors (Lipinski definition) is 3. The van der Waals surface area contributed by atoms with E-state index in [-0.39, 0.29) is 6.54 Å². The Labute approximate surface area is 159 Å². The van der Waals surface area contributed by atoms with Crippen LogP contribution in [0.15, 0.2) is 36.4 Å². The third-order valence-electron chi connectivity index (χ3n) is 4.12. The molecule has 0 spiro atoms. The van der Waals surface area contributed by atoms with Crippen LogP contribution in [0.2, 0.25) is 0 Å². The van der Waals surface area contributed by atoms with E-state index in [1.165, 1.54) is 12.1 Å². The van der Waals surface area contributed by atoms with E-state index >= 15 is 0 Å². The van der Waals surface area contributed by atoms with Gasteiger partial charge in [0.15, 0.2) is 0 Å². The number of aromatic nitrogens is 3. The molecule has 0 bridgehead atoms. The summed E-state index contributed by atoms with van der Waals surface area (Å²) in [4.78, 5) is 4.25. The van der Waals surface area contributed by atoms with Crippen molar-refractivity contribution in [2.75, 3.05) is 10.6 Å². The standard InChI is InChI=1S/C19H17F3N6/c1-11-7-15(8-12(2)16(11)9-23)25-18-26-17(27-28-18)24-10-13-3-5-14(6-4-13)19(20,21)22/h3-8H,10H2,1-2H3,(H3,24,25,26,27,28). The zero-order chi connectivity index (χ0) is 20.3. The second-order valence-electron chi connectivity index (χ2n) is 6.28. The lowest BCUT2D eigenvalue weighted by atomic mass is 10.0. The Bertz CT molecular complexity index is 992. The number of benzene rings is 2. The van der Waals surface area contributed by atoms with Gasteiger partial charge in [-0.3, -0.25) is 0 Å². The molecule has 0 amide bonds. The molecule has 1 heterocycles. The van der Waals surface area contributed by atoms with E-state index < -0.39 is 11.7 Å². The molecule has 1 aromatic heterocycles. The Hall–Kier alpha value is -3.54. The fourth-order valence-electron chi connectivity index (χ4n) is 2.74. The highest BCUT2D eigenvalue weighted by Gasteiger charge is 2.29. The van der Waals surface area contributed by atoms with Crippen LogP contribution in [0.3, 0.4) is 0 Å². The van der Waals surface area contributed by atoms with Gasteiger partial charge in [-0.25, -0.2) is 5.10 Å². The number of H-pyrrole nitrogens is 1. The molecule has 3 rings (SSSR count). The van der Waals surface area contributed by atoms with Gasteiger partial charge in [-0.2, -0.15) is 23.4 Å². The maximum atomic E-state index is 12.6. The maximum Gasteiger partial charge on any atom is 0.416 e. The molecule has 0 saturated carbocycles. The molecule has 144 valence electrons. The largest absolute Gasteiger partial charge is 0.416 e. The summed E-state index contributed by atoms with van der Waals surface area (Å²) in [6.07, 6.45) is -4.35. The van der Waals surface area contributed by atoms with Crippen LogP contribution >= 0.6 is 0 Å². The summed E-state index contributed by atoms with van der Waals surface area (Å²) < 4.78 is 37.7. The highest BCUT2D eigenvalue weighted by atomic mass is 19.4. The van der Waals surface area contributed by atoms with Crippen LogP contribution in [-0.4, -0.2) is 15.2 Å². The minimum atomic E-state index is -4.35. The molecular weight excluding hydrogens is 369 g/mol. The summed E-state index contributed by atoms with van der Waals surface area (Å²) >= 11 is 0. The van der Waals surface area contributed by atoms with Crippen LogP contribution in [-0.2, 0) is 12.7 Å². The van der Waals surface area contributed by atoms with E-state index in [9.17, 15) is 13.2 Å². The lowest BCUT2D eigenvalue weighted by Gasteiger charge is -2.08. The summed E-state index contributed by atoms with van der Waals surface area (Å²) in [5, 5.41) is 21.9. The first-order chi connectivity index (χ1) is 13.3. The molecule has 3 N–H and O–H groups in total. The first kappa shape index (κ1) is 19.2. The predicted octanol–water partition coefficient (Wildman–Crippen LogP) is 4.67. The average Bonchev–Trinajstić information content (AvgIpc) is 3.07. The maximum absolute atomic E-state index is 12.6. The number of rotatable bonds is 5. The van der Waals surface area contributed by atoms with Crippen LogP contribution in [0.25, 0.3) is 0 Å². The van der Waals surface area contributed by atoms with E-state index in [1.807, 2.05) is 26.0 Å². The van der Waals surface area contributed by atoms with Crippen LogP contribution in [0.1, 0.15) is 27.8 Å². The molecule has 0 atom stereocenters. The lowest BCUT2D eigenvalue weighted by molar-refractivity contribution is -0.137. The van der Waals surface area contributed by atoms with Crippen molar-refractivity contribution >= 4 is 17.6 Å². The van der Waals surface area contributed by atoms with Crippen molar-refractivity contribution in [1.82, 2.24) is 15.2 Å². The number of nitrogens with one attached hydrogen (secondary N) is 3. The molecule has 0 radical (unpaired) electrons. The minimum absolute atomic E-state index is 0.282. The minimum Gasteiger partial charge on any atom is -0.349 e. The Morgan fingerprint density at radius 1 is 1.11 bits per heavy atom. The van der Waals surface area contributed by atoms with Gasteiger partial charge in [0.1, 0.15) is 0 Å². The lowest BCUT2D eigenvalue weighted by Crippen LogP contribution is -2.06. The van der Waals surface area contributed by atoms with Crippen LogP contribution in [0.4, 0.5) is 30.8 Å². The van der Waals surface area contributed by atoms with Gasteiger partial charge in [-0.1, -0.05) is 12.1 Å². The quantitative estimate of drug-likeness (QED) is 0.593. The Balaban J connectivity index is 1.63. The van der Waals surface area contributed by atoms with Gasteiger partial charge in [-0.15, -0.1) is 5.10 Å². The molecule has 28 heavy (non-hydrogen) atoms. The van der Waals surface area contributed by atoms with Crippen LogP contribution in [0, 0.1) is 25.2 Å². The third kappa shape index (κ3) is 4.40. The molecule has 0 aliphatic heterocycles. The molecule has 0 aliphatic rings. The van der Waals surface area contributed by atoms with E-state index in [0.717, 1.165) is 28.9 Å². The number of nitrogens with zero attached hydrogens (tertiary/aromatic N) is 3. The van der Waals surface area contributed by atoms with Crippen molar-refractivity contribution in [3.05, 3.63) is 64.2 Å². The Morgan fingerprint density at radius 2 is 1.75 bits per heavy atom. The smallest absolute Gasteiger partial charge is 0.349 e. The summed E-state index contributed by atoms with van der Waals surface area (Å²) in [7, 11) is 0. The SMILES string of the molecule is Cc1cc(Nc2nc(NCc3ccc(C(F)(F)F)cc3)n[nH]2)cc(C)c1C#N.